The van der Waals surface area contributed by atoms with E-state index < -0.39 is 5.97 Å². The lowest BCUT2D eigenvalue weighted by molar-refractivity contribution is 0.0697. The van der Waals surface area contributed by atoms with Gasteiger partial charge in [0.05, 0.1) is 16.8 Å². The van der Waals surface area contributed by atoms with Crippen LogP contribution >= 0.6 is 11.8 Å². The molecule has 0 saturated carbocycles. The third kappa shape index (κ3) is 5.12. The second kappa shape index (κ2) is 9.45. The number of aromatic nitrogens is 3. The highest BCUT2D eigenvalue weighted by atomic mass is 32.2. The highest BCUT2D eigenvalue weighted by Crippen LogP contribution is 2.36. The van der Waals surface area contributed by atoms with Crippen molar-refractivity contribution in [2.45, 2.75) is 10.6 Å². The van der Waals surface area contributed by atoms with Crippen LogP contribution in [0.2, 0.25) is 0 Å². The first-order valence-electron chi connectivity index (χ1n) is 8.24. The Hall–Kier alpha value is -3.25. The molecule has 1 N–H and O–H groups in total. The fourth-order valence-electron chi connectivity index (χ4n) is 2.41. The summed E-state index contributed by atoms with van der Waals surface area (Å²) in [5.41, 5.74) is 1.67. The van der Waals surface area contributed by atoms with E-state index in [1.54, 1.807) is 60.6 Å². The maximum atomic E-state index is 11.6. The van der Waals surface area contributed by atoms with E-state index in [0.29, 0.717) is 5.52 Å². The summed E-state index contributed by atoms with van der Waals surface area (Å²) in [5, 5.41) is 10.4. The van der Waals surface area contributed by atoms with E-state index in [9.17, 15) is 9.90 Å². The third-order valence-corrected chi connectivity index (χ3v) is 4.71. The highest BCUT2D eigenvalue weighted by molar-refractivity contribution is 7.99. The molecule has 0 radical (unpaired) electrons. The summed E-state index contributed by atoms with van der Waals surface area (Å²) in [5.74, 6) is -0.268. The molecule has 3 rings (SSSR count). The average molecular weight is 375 g/mol. The van der Waals surface area contributed by atoms with E-state index in [-0.39, 0.29) is 5.56 Å². The molecule has 134 valence electrons. The zero-order valence-electron chi connectivity index (χ0n) is 14.4. The van der Waals surface area contributed by atoms with Gasteiger partial charge in [-0.1, -0.05) is 36.4 Å². The Balaban J connectivity index is 2.31. The minimum absolute atomic E-state index is 0.155. The lowest BCUT2D eigenvalue weighted by atomic mass is 10.2. The Morgan fingerprint density at radius 2 is 1.63 bits per heavy atom. The van der Waals surface area contributed by atoms with E-state index >= 15 is 0 Å². The fourth-order valence-corrected chi connectivity index (χ4v) is 3.46. The molecule has 27 heavy (non-hydrogen) atoms. The zero-order valence-corrected chi connectivity index (χ0v) is 15.2. The van der Waals surface area contributed by atoms with E-state index in [2.05, 4.69) is 15.0 Å². The minimum atomic E-state index is -1.01. The summed E-state index contributed by atoms with van der Waals surface area (Å²) >= 11 is 1.66. The van der Waals surface area contributed by atoms with Gasteiger partial charge in [0.1, 0.15) is 6.33 Å². The van der Waals surface area contributed by atoms with E-state index in [0.717, 1.165) is 21.7 Å². The number of hydrogen-bond donors (Lipinski definition) is 1. The molecule has 0 spiro atoms. The SMILES string of the molecule is O=C(O)c1cccccccncccccc2c3c(ncnc3c1)CS2. The lowest BCUT2D eigenvalue weighted by Gasteiger charge is -1.96. The van der Waals surface area contributed by atoms with Crippen LogP contribution in [0.3, 0.4) is 0 Å². The van der Waals surface area contributed by atoms with Gasteiger partial charge >= 0.3 is 5.97 Å². The van der Waals surface area contributed by atoms with Crippen molar-refractivity contribution in [3.05, 3.63) is 96.7 Å². The van der Waals surface area contributed by atoms with Gasteiger partial charge in [-0.25, -0.2) is 14.8 Å². The Morgan fingerprint density at radius 3 is 2.44 bits per heavy atom. The number of thioether (sulfide) groups is 1. The molecule has 0 unspecified atom stereocenters. The van der Waals surface area contributed by atoms with Crippen molar-refractivity contribution in [1.82, 2.24) is 15.0 Å². The Labute approximate surface area is 161 Å². The van der Waals surface area contributed by atoms with Crippen molar-refractivity contribution in [3.63, 3.8) is 0 Å². The summed E-state index contributed by atoms with van der Waals surface area (Å²) in [7, 11) is 0. The van der Waals surface area contributed by atoms with Gasteiger partial charge in [0.15, 0.2) is 0 Å². The number of nitrogens with zero attached hydrogens (tertiary/aromatic N) is 3. The number of carbonyl (C=O) groups is 1. The van der Waals surface area contributed by atoms with E-state index in [1.807, 2.05) is 30.3 Å². The van der Waals surface area contributed by atoms with Crippen LogP contribution in [-0.4, -0.2) is 26.0 Å². The molecular formula is C21H17N3O2S. The Morgan fingerprint density at radius 1 is 0.926 bits per heavy atom. The van der Waals surface area contributed by atoms with Crippen LogP contribution in [-0.2, 0) is 5.75 Å². The second-order valence-electron chi connectivity index (χ2n) is 5.46. The zero-order chi connectivity index (χ0) is 18.9. The van der Waals surface area contributed by atoms with Crippen LogP contribution in [0, 0.1) is 0 Å². The van der Waals surface area contributed by atoms with Crippen LogP contribution in [0.5, 0.6) is 0 Å². The number of carboxylic acids is 1. The first-order valence-corrected chi connectivity index (χ1v) is 9.23. The molecule has 5 nitrogen and oxygen atoms in total. The van der Waals surface area contributed by atoms with Crippen molar-refractivity contribution < 1.29 is 9.90 Å². The molecule has 0 aliphatic carbocycles. The second-order valence-corrected chi connectivity index (χ2v) is 6.48. The minimum Gasteiger partial charge on any atom is -0.478 e. The molecule has 0 aromatic carbocycles. The monoisotopic (exact) mass is 375 g/mol. The molecular weight excluding hydrogens is 358 g/mol. The molecule has 0 atom stereocenters. The van der Waals surface area contributed by atoms with Crippen LogP contribution < -0.4 is 0 Å². The van der Waals surface area contributed by atoms with Gasteiger partial charge in [0, 0.05) is 28.4 Å². The maximum absolute atomic E-state index is 11.6. The van der Waals surface area contributed by atoms with Crippen molar-refractivity contribution >= 4 is 28.6 Å². The molecule has 0 amide bonds. The first-order chi connectivity index (χ1) is 13.3. The lowest BCUT2D eigenvalue weighted by Crippen LogP contribution is -1.94. The maximum Gasteiger partial charge on any atom is 0.335 e. The molecule has 3 heterocycles. The molecule has 2 aromatic heterocycles. The van der Waals surface area contributed by atoms with Crippen molar-refractivity contribution in [2.75, 3.05) is 0 Å². The van der Waals surface area contributed by atoms with Crippen LogP contribution in [0.4, 0.5) is 0 Å². The number of aromatic carboxylic acids is 1. The fraction of sp³-hybridized carbons (Fsp3) is 0.0476. The van der Waals surface area contributed by atoms with Crippen molar-refractivity contribution in [1.29, 1.82) is 0 Å². The number of rotatable bonds is 1. The average Bonchev–Trinajstić information content (AvgIpc) is 3.07. The van der Waals surface area contributed by atoms with Gasteiger partial charge in [0.2, 0.25) is 0 Å². The summed E-state index contributed by atoms with van der Waals surface area (Å²) in [4.78, 5) is 25.4. The summed E-state index contributed by atoms with van der Waals surface area (Å²) in [6.07, 6.45) is 4.86. The summed E-state index contributed by atoms with van der Waals surface area (Å²) in [6, 6.07) is 19.6. The van der Waals surface area contributed by atoms with Crippen LogP contribution in [0.15, 0.2) is 90.3 Å². The topological polar surface area (TPSA) is 76.0 Å². The molecule has 1 aliphatic rings. The van der Waals surface area contributed by atoms with Gasteiger partial charge in [-0.3, -0.25) is 4.98 Å². The van der Waals surface area contributed by atoms with E-state index in [4.69, 9.17) is 0 Å². The van der Waals surface area contributed by atoms with E-state index in [1.165, 1.54) is 6.33 Å². The highest BCUT2D eigenvalue weighted by Gasteiger charge is 2.15. The molecule has 1 aliphatic heterocycles. The van der Waals surface area contributed by atoms with Crippen molar-refractivity contribution in [3.8, 4) is 0 Å². The van der Waals surface area contributed by atoms with Crippen LogP contribution in [0.25, 0.3) is 10.9 Å². The predicted octanol–water partition coefficient (Wildman–Crippen LogP) is 4.70. The van der Waals surface area contributed by atoms with Gasteiger partial charge in [-0.05, 0) is 30.3 Å². The summed E-state index contributed by atoms with van der Waals surface area (Å²) in [6.45, 7) is 0. The quantitative estimate of drug-likeness (QED) is 0.778. The van der Waals surface area contributed by atoms with Crippen LogP contribution in [0.1, 0.15) is 16.1 Å². The normalized spacial score (nSPS) is 11.0. The first kappa shape index (κ1) is 18.5. The van der Waals surface area contributed by atoms with Gasteiger partial charge < -0.3 is 5.11 Å². The molecule has 6 heteroatoms. The van der Waals surface area contributed by atoms with Crippen molar-refractivity contribution in [2.24, 2.45) is 0 Å². The van der Waals surface area contributed by atoms with Gasteiger partial charge in [-0.2, -0.15) is 0 Å². The standard InChI is InChI=1S/C21H17N3O2S/c25-21(26)16-9-5-2-1-3-7-11-22-12-8-4-6-10-19-20-17(13-16)23-15-24-18(20)14-27-19/h1-13,15H,14H2,(H,25,26). The number of hydrogen-bond acceptors (Lipinski definition) is 5. The molecule has 0 bridgehead atoms. The Kier molecular flexibility index (Phi) is 6.49. The largest absolute Gasteiger partial charge is 0.478 e. The van der Waals surface area contributed by atoms with Gasteiger partial charge in [0.25, 0.3) is 0 Å². The molecule has 0 fully saturated rings. The number of carboxylic acid groups (broad SMARTS) is 1. The van der Waals surface area contributed by atoms with Gasteiger partial charge in [-0.15, -0.1) is 11.8 Å². The molecule has 0 saturated heterocycles. The Bertz CT molecular complexity index is 1040. The molecule has 2 aromatic rings. The summed E-state index contributed by atoms with van der Waals surface area (Å²) < 4.78 is 0. The smallest absolute Gasteiger partial charge is 0.335 e. The predicted molar refractivity (Wildman–Crippen MR) is 107 cm³/mol. The third-order valence-electron chi connectivity index (χ3n) is 3.64.